The van der Waals surface area contributed by atoms with Gasteiger partial charge in [-0.25, -0.2) is 0 Å². The first-order valence-electron chi connectivity index (χ1n) is 3.55. The van der Waals surface area contributed by atoms with Crippen LogP contribution in [0.1, 0.15) is 27.7 Å². The quantitative estimate of drug-likeness (QED) is 0.568. The van der Waals surface area contributed by atoms with Gasteiger partial charge < -0.3 is 16.2 Å². The van der Waals surface area contributed by atoms with E-state index in [1.165, 1.54) is 0 Å². The van der Waals surface area contributed by atoms with Crippen molar-refractivity contribution in [3.05, 3.63) is 0 Å². The molecule has 0 amide bonds. The first kappa shape index (κ1) is 9.88. The second-order valence-electron chi connectivity index (χ2n) is 3.29. The van der Waals surface area contributed by atoms with E-state index in [1.54, 1.807) is 0 Å². The van der Waals surface area contributed by atoms with Crippen LogP contribution >= 0.6 is 0 Å². The predicted octanol–water partition coefficient (Wildman–Crippen LogP) is 0.434. The lowest BCUT2D eigenvalue weighted by Gasteiger charge is -2.26. The van der Waals surface area contributed by atoms with Crippen LogP contribution in [-0.2, 0) is 4.74 Å². The molecule has 3 nitrogen and oxygen atoms in total. The van der Waals surface area contributed by atoms with Crippen molar-refractivity contribution in [1.82, 2.24) is 0 Å². The fourth-order valence-corrected chi connectivity index (χ4v) is 0.586. The van der Waals surface area contributed by atoms with Crippen molar-refractivity contribution in [2.45, 2.75) is 45.6 Å². The van der Waals surface area contributed by atoms with Gasteiger partial charge in [0.25, 0.3) is 0 Å². The van der Waals surface area contributed by atoms with Crippen molar-refractivity contribution in [2.24, 2.45) is 11.5 Å². The SMILES string of the molecule is CC(N)C(C)OC(C)(C)N. The molecule has 0 radical (unpaired) electrons. The summed E-state index contributed by atoms with van der Waals surface area (Å²) in [4.78, 5) is 0. The summed E-state index contributed by atoms with van der Waals surface area (Å²) >= 11 is 0. The molecule has 0 saturated heterocycles. The minimum Gasteiger partial charge on any atom is -0.357 e. The largest absolute Gasteiger partial charge is 0.357 e. The first-order chi connectivity index (χ1) is 4.33. The normalized spacial score (nSPS) is 18.6. The number of hydrogen-bond acceptors (Lipinski definition) is 3. The van der Waals surface area contributed by atoms with Gasteiger partial charge in [-0.05, 0) is 27.7 Å². The Morgan fingerprint density at radius 1 is 1.30 bits per heavy atom. The lowest BCUT2D eigenvalue weighted by Crippen LogP contribution is -2.44. The van der Waals surface area contributed by atoms with Crippen LogP contribution in [0.4, 0.5) is 0 Å². The van der Waals surface area contributed by atoms with Crippen LogP contribution < -0.4 is 11.5 Å². The van der Waals surface area contributed by atoms with Gasteiger partial charge in [-0.2, -0.15) is 0 Å². The van der Waals surface area contributed by atoms with Gasteiger partial charge >= 0.3 is 0 Å². The maximum atomic E-state index is 5.60. The Hall–Kier alpha value is -0.120. The highest BCUT2D eigenvalue weighted by atomic mass is 16.5. The molecular weight excluding hydrogens is 128 g/mol. The molecule has 0 saturated carbocycles. The van der Waals surface area contributed by atoms with Gasteiger partial charge in [-0.3, -0.25) is 0 Å². The van der Waals surface area contributed by atoms with Crippen molar-refractivity contribution in [2.75, 3.05) is 0 Å². The molecule has 0 bridgehead atoms. The Bertz CT molecular complexity index is 96.3. The zero-order valence-electron chi connectivity index (χ0n) is 7.22. The molecule has 4 N–H and O–H groups in total. The van der Waals surface area contributed by atoms with Crippen LogP contribution in [-0.4, -0.2) is 17.9 Å². The summed E-state index contributed by atoms with van der Waals surface area (Å²) in [5, 5.41) is 0. The van der Waals surface area contributed by atoms with E-state index in [-0.39, 0.29) is 12.1 Å². The molecular formula is C7H18N2O. The third kappa shape index (κ3) is 4.73. The average Bonchev–Trinajstić information content (AvgIpc) is 1.60. The van der Waals surface area contributed by atoms with Crippen LogP contribution in [0.15, 0.2) is 0 Å². The minimum absolute atomic E-state index is 0.0139. The monoisotopic (exact) mass is 146 g/mol. The molecule has 2 unspecified atom stereocenters. The van der Waals surface area contributed by atoms with E-state index in [0.717, 1.165) is 0 Å². The van der Waals surface area contributed by atoms with Crippen LogP contribution in [0, 0.1) is 0 Å². The summed E-state index contributed by atoms with van der Waals surface area (Å²) < 4.78 is 5.35. The Morgan fingerprint density at radius 2 is 1.70 bits per heavy atom. The van der Waals surface area contributed by atoms with E-state index in [9.17, 15) is 0 Å². The molecule has 2 atom stereocenters. The number of ether oxygens (including phenoxy) is 1. The highest BCUT2D eigenvalue weighted by molar-refractivity contribution is 4.67. The molecule has 0 aromatic rings. The summed E-state index contributed by atoms with van der Waals surface area (Å²) in [5.41, 5.74) is 10.6. The maximum Gasteiger partial charge on any atom is 0.111 e. The number of hydrogen-bond donors (Lipinski definition) is 2. The second-order valence-corrected chi connectivity index (χ2v) is 3.29. The fourth-order valence-electron chi connectivity index (χ4n) is 0.586. The van der Waals surface area contributed by atoms with Gasteiger partial charge in [0, 0.05) is 6.04 Å². The summed E-state index contributed by atoms with van der Waals surface area (Å²) in [7, 11) is 0. The molecule has 0 fully saturated rings. The lowest BCUT2D eigenvalue weighted by molar-refractivity contribution is -0.0667. The van der Waals surface area contributed by atoms with Crippen LogP contribution in [0.25, 0.3) is 0 Å². The molecule has 0 rings (SSSR count). The van der Waals surface area contributed by atoms with Gasteiger partial charge in [-0.15, -0.1) is 0 Å². The van der Waals surface area contributed by atoms with Crippen molar-refractivity contribution in [3.63, 3.8) is 0 Å². The molecule has 0 heterocycles. The Morgan fingerprint density at radius 3 is 1.80 bits per heavy atom. The Kier molecular flexibility index (Phi) is 3.28. The lowest BCUT2D eigenvalue weighted by atomic mass is 10.2. The van der Waals surface area contributed by atoms with Crippen LogP contribution in [0.2, 0.25) is 0 Å². The molecule has 0 aliphatic heterocycles. The predicted molar refractivity (Wildman–Crippen MR) is 42.5 cm³/mol. The van der Waals surface area contributed by atoms with E-state index in [0.29, 0.717) is 0 Å². The highest BCUT2D eigenvalue weighted by Gasteiger charge is 2.17. The zero-order valence-corrected chi connectivity index (χ0v) is 7.22. The fraction of sp³-hybridized carbons (Fsp3) is 1.00. The number of nitrogens with two attached hydrogens (primary N) is 2. The zero-order chi connectivity index (χ0) is 8.36. The van der Waals surface area contributed by atoms with Crippen molar-refractivity contribution in [3.8, 4) is 0 Å². The summed E-state index contributed by atoms with van der Waals surface area (Å²) in [6.07, 6.45) is 0.0139. The van der Waals surface area contributed by atoms with E-state index in [2.05, 4.69) is 0 Å². The molecule has 0 aromatic heterocycles. The van der Waals surface area contributed by atoms with Crippen molar-refractivity contribution < 1.29 is 4.74 Å². The van der Waals surface area contributed by atoms with E-state index < -0.39 is 5.72 Å². The Balaban J connectivity index is 3.68. The van der Waals surface area contributed by atoms with Crippen LogP contribution in [0.5, 0.6) is 0 Å². The second kappa shape index (κ2) is 3.32. The highest BCUT2D eigenvalue weighted by Crippen LogP contribution is 2.06. The first-order valence-corrected chi connectivity index (χ1v) is 3.55. The third-order valence-electron chi connectivity index (χ3n) is 1.23. The van der Waals surface area contributed by atoms with Crippen molar-refractivity contribution in [1.29, 1.82) is 0 Å². The van der Waals surface area contributed by atoms with Gasteiger partial charge in [0.2, 0.25) is 0 Å². The van der Waals surface area contributed by atoms with Gasteiger partial charge in [0.05, 0.1) is 6.10 Å². The molecule has 62 valence electrons. The van der Waals surface area contributed by atoms with Gasteiger partial charge in [-0.1, -0.05) is 0 Å². The summed E-state index contributed by atoms with van der Waals surface area (Å²) in [5.74, 6) is 0. The Labute approximate surface area is 62.7 Å². The minimum atomic E-state index is -0.576. The molecule has 10 heavy (non-hydrogen) atoms. The molecule has 0 spiro atoms. The summed E-state index contributed by atoms with van der Waals surface area (Å²) in [6, 6.07) is 0.0304. The molecule has 0 aromatic carbocycles. The topological polar surface area (TPSA) is 61.3 Å². The van der Waals surface area contributed by atoms with Gasteiger partial charge in [0.15, 0.2) is 0 Å². The van der Waals surface area contributed by atoms with Crippen molar-refractivity contribution >= 4 is 0 Å². The van der Waals surface area contributed by atoms with Gasteiger partial charge in [0.1, 0.15) is 5.72 Å². The molecule has 3 heteroatoms. The molecule has 0 aliphatic carbocycles. The summed E-state index contributed by atoms with van der Waals surface area (Å²) in [6.45, 7) is 7.44. The maximum absolute atomic E-state index is 5.60. The number of rotatable bonds is 3. The van der Waals surface area contributed by atoms with E-state index in [1.807, 2.05) is 27.7 Å². The standard InChI is InChI=1S/C7H18N2O/c1-5(8)6(2)10-7(3,4)9/h5-6H,8-9H2,1-4H3. The smallest absolute Gasteiger partial charge is 0.111 e. The van der Waals surface area contributed by atoms with E-state index >= 15 is 0 Å². The molecule has 0 aliphatic rings. The third-order valence-corrected chi connectivity index (χ3v) is 1.23. The average molecular weight is 146 g/mol. The van der Waals surface area contributed by atoms with Crippen LogP contribution in [0.3, 0.4) is 0 Å². The van der Waals surface area contributed by atoms with E-state index in [4.69, 9.17) is 16.2 Å².